The molecule has 0 radical (unpaired) electrons. The molecule has 2 aromatic rings. The van der Waals surface area contributed by atoms with Crippen LogP contribution < -0.4 is 0 Å². The monoisotopic (exact) mass is 191 g/mol. The molecule has 0 spiro atoms. The summed E-state index contributed by atoms with van der Waals surface area (Å²) in [6.45, 7) is 3.64. The topological polar surface area (TPSA) is 30.7 Å². The number of rotatable bonds is 3. The molecular formula is C9H9N3S. The van der Waals surface area contributed by atoms with Crippen molar-refractivity contribution < 1.29 is 0 Å². The highest BCUT2D eigenvalue weighted by Crippen LogP contribution is 2.10. The van der Waals surface area contributed by atoms with Gasteiger partial charge in [0.05, 0.1) is 0 Å². The molecule has 13 heavy (non-hydrogen) atoms. The molecule has 0 aliphatic carbocycles. The smallest absolute Gasteiger partial charge is 0.114 e. The average Bonchev–Trinajstić information content (AvgIpc) is 2.57. The van der Waals surface area contributed by atoms with Gasteiger partial charge in [0.25, 0.3) is 0 Å². The van der Waals surface area contributed by atoms with Crippen molar-refractivity contribution in [3.8, 4) is 0 Å². The molecule has 0 aliphatic rings. The molecule has 66 valence electrons. The Morgan fingerprint density at radius 3 is 2.46 bits per heavy atom. The minimum Gasteiger partial charge on any atom is -0.142 e. The summed E-state index contributed by atoms with van der Waals surface area (Å²) in [7, 11) is 0. The third kappa shape index (κ3) is 1.72. The highest BCUT2D eigenvalue weighted by molar-refractivity contribution is 7.97. The molecule has 0 N–H and O–H groups in total. The number of aromatic nitrogens is 3. The Morgan fingerprint density at radius 2 is 1.92 bits per heavy atom. The van der Waals surface area contributed by atoms with E-state index in [0.717, 1.165) is 16.8 Å². The predicted molar refractivity (Wildman–Crippen MR) is 55.6 cm³/mol. The summed E-state index contributed by atoms with van der Waals surface area (Å²) in [4.78, 5) is 0. The van der Waals surface area contributed by atoms with Crippen LogP contribution in [0.3, 0.4) is 0 Å². The third-order valence-electron chi connectivity index (χ3n) is 1.58. The van der Waals surface area contributed by atoms with Gasteiger partial charge in [-0.25, -0.2) is 0 Å². The van der Waals surface area contributed by atoms with Gasteiger partial charge in [-0.05, 0) is 12.1 Å². The van der Waals surface area contributed by atoms with Gasteiger partial charge in [-0.3, -0.25) is 0 Å². The van der Waals surface area contributed by atoms with Crippen LogP contribution >= 0.6 is 11.9 Å². The molecule has 0 fully saturated rings. The quantitative estimate of drug-likeness (QED) is 0.696. The molecule has 1 heterocycles. The second-order valence-electron chi connectivity index (χ2n) is 2.53. The Morgan fingerprint density at radius 1 is 1.31 bits per heavy atom. The average molecular weight is 191 g/mol. The lowest BCUT2D eigenvalue weighted by Crippen LogP contribution is -1.91. The molecule has 3 nitrogen and oxygen atoms in total. The first-order valence-corrected chi connectivity index (χ1v) is 4.90. The first kappa shape index (κ1) is 8.31. The molecular weight excluding hydrogens is 182 g/mol. The Hall–Kier alpha value is -1.29. The van der Waals surface area contributed by atoms with Crippen molar-refractivity contribution in [1.82, 2.24) is 14.4 Å². The first-order chi connectivity index (χ1) is 6.40. The van der Waals surface area contributed by atoms with Crippen LogP contribution in [0.5, 0.6) is 0 Å². The largest absolute Gasteiger partial charge is 0.142 e. The summed E-state index contributed by atoms with van der Waals surface area (Å²) >= 11 is 1.52. The molecule has 0 aliphatic heterocycles. The maximum absolute atomic E-state index is 4.27. The van der Waals surface area contributed by atoms with E-state index >= 15 is 0 Å². The fraction of sp³-hybridized carbons (Fsp3) is 0.111. The Bertz CT molecular complexity index is 388. The number of hydrogen-bond donors (Lipinski definition) is 0. The van der Waals surface area contributed by atoms with E-state index in [9.17, 15) is 0 Å². The number of hydrogen-bond acceptors (Lipinski definition) is 3. The van der Waals surface area contributed by atoms with E-state index < -0.39 is 0 Å². The van der Waals surface area contributed by atoms with Crippen LogP contribution in [0.2, 0.25) is 0 Å². The number of fused-ring (bicyclic) bond motifs is 1. The van der Waals surface area contributed by atoms with Crippen LogP contribution in [0.15, 0.2) is 36.9 Å². The summed E-state index contributed by atoms with van der Waals surface area (Å²) in [6.07, 6.45) is 1.83. The van der Waals surface area contributed by atoms with Crippen LogP contribution in [0, 0.1) is 0 Å². The van der Waals surface area contributed by atoms with Gasteiger partial charge in [-0.15, -0.1) is 21.0 Å². The fourth-order valence-corrected chi connectivity index (χ4v) is 1.55. The van der Waals surface area contributed by atoms with E-state index in [1.54, 1.807) is 4.20 Å². The minimum atomic E-state index is 0.820. The van der Waals surface area contributed by atoms with Gasteiger partial charge >= 0.3 is 0 Å². The van der Waals surface area contributed by atoms with Gasteiger partial charge in [0.2, 0.25) is 0 Å². The van der Waals surface area contributed by atoms with Gasteiger partial charge in [-0.1, -0.05) is 18.2 Å². The normalized spacial score (nSPS) is 10.5. The summed E-state index contributed by atoms with van der Waals surface area (Å²) in [5.41, 5.74) is 1.86. The molecule has 1 aromatic heterocycles. The molecule has 0 atom stereocenters. The van der Waals surface area contributed by atoms with Gasteiger partial charge < -0.3 is 0 Å². The summed E-state index contributed by atoms with van der Waals surface area (Å²) in [5, 5.41) is 8.54. The SMILES string of the molecule is C=CCSn1nc2ccccc2n1. The summed E-state index contributed by atoms with van der Waals surface area (Å²) in [5.74, 6) is 0.820. The molecule has 4 heteroatoms. The van der Waals surface area contributed by atoms with Crippen molar-refractivity contribution in [2.75, 3.05) is 5.75 Å². The molecule has 0 saturated carbocycles. The predicted octanol–water partition coefficient (Wildman–Crippen LogP) is 2.11. The van der Waals surface area contributed by atoms with Crippen molar-refractivity contribution in [3.63, 3.8) is 0 Å². The number of benzene rings is 1. The number of nitrogens with zero attached hydrogens (tertiary/aromatic N) is 3. The maximum atomic E-state index is 4.27. The van der Waals surface area contributed by atoms with Crippen molar-refractivity contribution >= 4 is 23.0 Å². The second-order valence-corrected chi connectivity index (χ2v) is 3.44. The molecule has 0 bridgehead atoms. The zero-order valence-corrected chi connectivity index (χ0v) is 7.87. The highest BCUT2D eigenvalue weighted by atomic mass is 32.2. The molecule has 0 amide bonds. The lowest BCUT2D eigenvalue weighted by Gasteiger charge is -1.90. The van der Waals surface area contributed by atoms with E-state index in [2.05, 4.69) is 16.8 Å². The standard InChI is InChI=1S/C9H9N3S/c1-2-7-13-12-10-8-5-3-4-6-9(8)11-12/h2-6H,1,7H2. The molecule has 1 aromatic carbocycles. The highest BCUT2D eigenvalue weighted by Gasteiger charge is 1.99. The summed E-state index contributed by atoms with van der Waals surface area (Å²) < 4.78 is 1.63. The van der Waals surface area contributed by atoms with Gasteiger partial charge in [0, 0.05) is 17.7 Å². The molecule has 2 rings (SSSR count). The lowest BCUT2D eigenvalue weighted by molar-refractivity contribution is 0.882. The van der Waals surface area contributed by atoms with Crippen molar-refractivity contribution in [3.05, 3.63) is 36.9 Å². The van der Waals surface area contributed by atoms with Crippen LogP contribution in [0.1, 0.15) is 0 Å². The third-order valence-corrected chi connectivity index (χ3v) is 2.36. The Labute approximate surface area is 80.6 Å². The van der Waals surface area contributed by atoms with Crippen LogP contribution in [-0.2, 0) is 0 Å². The zero-order valence-electron chi connectivity index (χ0n) is 7.05. The van der Waals surface area contributed by atoms with Crippen LogP contribution in [0.4, 0.5) is 0 Å². The maximum Gasteiger partial charge on any atom is 0.114 e. The second kappa shape index (κ2) is 3.62. The van der Waals surface area contributed by atoms with Crippen molar-refractivity contribution in [2.24, 2.45) is 0 Å². The Kier molecular flexibility index (Phi) is 2.31. The van der Waals surface area contributed by atoms with E-state index in [1.165, 1.54) is 11.9 Å². The van der Waals surface area contributed by atoms with Crippen molar-refractivity contribution in [1.29, 1.82) is 0 Å². The van der Waals surface area contributed by atoms with E-state index in [4.69, 9.17) is 0 Å². The van der Waals surface area contributed by atoms with E-state index in [-0.39, 0.29) is 0 Å². The van der Waals surface area contributed by atoms with Gasteiger partial charge in [0.1, 0.15) is 11.0 Å². The van der Waals surface area contributed by atoms with E-state index in [1.807, 2.05) is 30.3 Å². The van der Waals surface area contributed by atoms with Crippen LogP contribution in [0.25, 0.3) is 11.0 Å². The summed E-state index contributed by atoms with van der Waals surface area (Å²) in [6, 6.07) is 7.82. The van der Waals surface area contributed by atoms with Crippen molar-refractivity contribution in [2.45, 2.75) is 0 Å². The van der Waals surface area contributed by atoms with Gasteiger partial charge in [-0.2, -0.15) is 0 Å². The molecule has 0 unspecified atom stereocenters. The fourth-order valence-electron chi connectivity index (χ4n) is 1.02. The minimum absolute atomic E-state index is 0.820. The van der Waals surface area contributed by atoms with E-state index in [0.29, 0.717) is 0 Å². The first-order valence-electron chi connectivity index (χ1n) is 3.96. The van der Waals surface area contributed by atoms with Gasteiger partial charge in [0.15, 0.2) is 0 Å². The zero-order chi connectivity index (χ0) is 9.10. The molecule has 0 saturated heterocycles. The lowest BCUT2D eigenvalue weighted by atomic mass is 10.3. The Balaban J connectivity index is 2.32. The van der Waals surface area contributed by atoms with Crippen LogP contribution in [-0.4, -0.2) is 20.2 Å².